The molecule has 0 heterocycles. The van der Waals surface area contributed by atoms with Crippen molar-refractivity contribution in [2.24, 2.45) is 0 Å². The van der Waals surface area contributed by atoms with Gasteiger partial charge in [0.25, 0.3) is 5.91 Å². The Morgan fingerprint density at radius 1 is 0.926 bits per heavy atom. The molecule has 0 saturated carbocycles. The molecule has 0 aliphatic carbocycles. The number of thioether (sulfide) groups is 1. The summed E-state index contributed by atoms with van der Waals surface area (Å²) >= 11 is 7.61. The van der Waals surface area contributed by atoms with Crippen LogP contribution in [0.3, 0.4) is 0 Å². The number of carbonyl (C=O) groups is 1. The van der Waals surface area contributed by atoms with Gasteiger partial charge in [-0.1, -0.05) is 41.9 Å². The number of rotatable bonds is 8. The van der Waals surface area contributed by atoms with Crippen molar-refractivity contribution in [3.05, 3.63) is 95.0 Å². The largest absolute Gasteiger partial charge is 0.492 e. The number of hydrogen-bond donors (Lipinski definition) is 1. The summed E-state index contributed by atoms with van der Waals surface area (Å²) in [6.45, 7) is 0.840. The maximum atomic E-state index is 12.2. The van der Waals surface area contributed by atoms with Crippen LogP contribution in [0.1, 0.15) is 15.9 Å². The highest BCUT2D eigenvalue weighted by Crippen LogP contribution is 2.22. The summed E-state index contributed by atoms with van der Waals surface area (Å²) in [7, 11) is 0. The van der Waals surface area contributed by atoms with Gasteiger partial charge in [-0.15, -0.1) is 11.8 Å². The standard InChI is InChI=1S/C22H20ClNO2S/c23-19-10-12-20(13-11-19)26-15-14-24-22(25)18-8-6-17(7-9-18)16-27-21-4-2-1-3-5-21/h1-13H,14-16H2,(H,24,25). The van der Waals surface area contributed by atoms with E-state index >= 15 is 0 Å². The fourth-order valence-electron chi connectivity index (χ4n) is 2.40. The van der Waals surface area contributed by atoms with Gasteiger partial charge in [0.15, 0.2) is 0 Å². The predicted molar refractivity (Wildman–Crippen MR) is 112 cm³/mol. The van der Waals surface area contributed by atoms with Crippen LogP contribution in [-0.4, -0.2) is 19.1 Å². The topological polar surface area (TPSA) is 38.3 Å². The number of amides is 1. The molecule has 0 radical (unpaired) electrons. The fourth-order valence-corrected chi connectivity index (χ4v) is 3.40. The first-order valence-corrected chi connectivity index (χ1v) is 10.0. The first kappa shape index (κ1) is 19.3. The zero-order chi connectivity index (χ0) is 18.9. The molecule has 0 unspecified atom stereocenters. The van der Waals surface area contributed by atoms with Crippen LogP contribution in [0.15, 0.2) is 83.8 Å². The quantitative estimate of drug-likeness (QED) is 0.406. The first-order chi connectivity index (χ1) is 13.2. The highest BCUT2D eigenvalue weighted by atomic mass is 35.5. The van der Waals surface area contributed by atoms with E-state index in [0.29, 0.717) is 23.7 Å². The number of nitrogens with one attached hydrogen (secondary N) is 1. The van der Waals surface area contributed by atoms with Crippen LogP contribution >= 0.6 is 23.4 Å². The van der Waals surface area contributed by atoms with Crippen molar-refractivity contribution in [2.45, 2.75) is 10.6 Å². The second-order valence-corrected chi connectivity index (χ2v) is 7.34. The normalized spacial score (nSPS) is 10.4. The lowest BCUT2D eigenvalue weighted by atomic mass is 10.1. The molecule has 0 aliphatic heterocycles. The maximum absolute atomic E-state index is 12.2. The third-order valence-electron chi connectivity index (χ3n) is 3.83. The molecule has 3 nitrogen and oxygen atoms in total. The van der Waals surface area contributed by atoms with Gasteiger partial charge in [-0.05, 0) is 54.1 Å². The van der Waals surface area contributed by atoms with Gasteiger partial charge >= 0.3 is 0 Å². The lowest BCUT2D eigenvalue weighted by Crippen LogP contribution is -2.28. The smallest absolute Gasteiger partial charge is 0.251 e. The van der Waals surface area contributed by atoms with Crippen molar-refractivity contribution in [1.82, 2.24) is 5.32 Å². The lowest BCUT2D eigenvalue weighted by molar-refractivity contribution is 0.0947. The Morgan fingerprint density at radius 2 is 1.63 bits per heavy atom. The van der Waals surface area contributed by atoms with Crippen LogP contribution in [0.5, 0.6) is 5.75 Å². The highest BCUT2D eigenvalue weighted by molar-refractivity contribution is 7.98. The van der Waals surface area contributed by atoms with E-state index in [2.05, 4.69) is 17.4 Å². The molecule has 0 atom stereocenters. The van der Waals surface area contributed by atoms with Crippen LogP contribution in [-0.2, 0) is 5.75 Å². The van der Waals surface area contributed by atoms with Crippen LogP contribution < -0.4 is 10.1 Å². The van der Waals surface area contributed by atoms with Crippen molar-refractivity contribution in [3.8, 4) is 5.75 Å². The second kappa shape index (κ2) is 10.0. The minimum absolute atomic E-state index is 0.100. The zero-order valence-electron chi connectivity index (χ0n) is 14.7. The molecule has 138 valence electrons. The molecular weight excluding hydrogens is 378 g/mol. The predicted octanol–water partition coefficient (Wildman–Crippen LogP) is 5.44. The zero-order valence-corrected chi connectivity index (χ0v) is 16.3. The number of halogens is 1. The SMILES string of the molecule is O=C(NCCOc1ccc(Cl)cc1)c1ccc(CSc2ccccc2)cc1. The van der Waals surface area contributed by atoms with E-state index in [4.69, 9.17) is 16.3 Å². The van der Waals surface area contributed by atoms with E-state index in [9.17, 15) is 4.79 Å². The molecule has 27 heavy (non-hydrogen) atoms. The summed E-state index contributed by atoms with van der Waals surface area (Å²) in [6, 6.07) is 25.1. The van der Waals surface area contributed by atoms with Crippen LogP contribution in [0.25, 0.3) is 0 Å². The lowest BCUT2D eigenvalue weighted by Gasteiger charge is -2.08. The number of carbonyl (C=O) groups excluding carboxylic acids is 1. The average molecular weight is 398 g/mol. The summed E-state index contributed by atoms with van der Waals surface area (Å²) in [5, 5.41) is 3.53. The van der Waals surface area contributed by atoms with E-state index in [-0.39, 0.29) is 5.91 Å². The molecule has 3 rings (SSSR count). The average Bonchev–Trinajstić information content (AvgIpc) is 2.72. The van der Waals surface area contributed by atoms with E-state index < -0.39 is 0 Å². The molecule has 0 saturated heterocycles. The van der Waals surface area contributed by atoms with E-state index in [1.165, 1.54) is 10.5 Å². The Balaban J connectivity index is 1.41. The Kier molecular flexibility index (Phi) is 7.19. The molecular formula is C22H20ClNO2S. The van der Waals surface area contributed by atoms with Gasteiger partial charge in [0, 0.05) is 21.2 Å². The molecule has 5 heteroatoms. The van der Waals surface area contributed by atoms with Crippen molar-refractivity contribution in [1.29, 1.82) is 0 Å². The van der Waals surface area contributed by atoms with Gasteiger partial charge in [0.1, 0.15) is 12.4 Å². The second-order valence-electron chi connectivity index (χ2n) is 5.86. The third-order valence-corrected chi connectivity index (χ3v) is 5.17. The fraction of sp³-hybridized carbons (Fsp3) is 0.136. The van der Waals surface area contributed by atoms with Gasteiger partial charge in [-0.25, -0.2) is 0 Å². The van der Waals surface area contributed by atoms with Crippen molar-refractivity contribution < 1.29 is 9.53 Å². The monoisotopic (exact) mass is 397 g/mol. The van der Waals surface area contributed by atoms with E-state index in [1.54, 1.807) is 36.0 Å². The Morgan fingerprint density at radius 3 is 2.33 bits per heavy atom. The van der Waals surface area contributed by atoms with Gasteiger partial charge in [0.05, 0.1) is 6.54 Å². The van der Waals surface area contributed by atoms with Gasteiger partial charge in [0.2, 0.25) is 0 Å². The molecule has 1 N–H and O–H groups in total. The van der Waals surface area contributed by atoms with Gasteiger partial charge in [-0.2, -0.15) is 0 Å². The van der Waals surface area contributed by atoms with Crippen LogP contribution in [0.2, 0.25) is 5.02 Å². The summed E-state index contributed by atoms with van der Waals surface area (Å²) in [6.07, 6.45) is 0. The molecule has 0 fully saturated rings. The maximum Gasteiger partial charge on any atom is 0.251 e. The number of hydrogen-bond acceptors (Lipinski definition) is 3. The van der Waals surface area contributed by atoms with Crippen molar-refractivity contribution >= 4 is 29.3 Å². The summed E-state index contributed by atoms with van der Waals surface area (Å²) in [5.41, 5.74) is 1.83. The van der Waals surface area contributed by atoms with Crippen LogP contribution in [0, 0.1) is 0 Å². The molecule has 0 aromatic heterocycles. The first-order valence-electron chi connectivity index (χ1n) is 8.64. The van der Waals surface area contributed by atoms with Crippen molar-refractivity contribution in [3.63, 3.8) is 0 Å². The van der Waals surface area contributed by atoms with E-state index in [0.717, 1.165) is 11.5 Å². The Hall–Kier alpha value is -2.43. The molecule has 0 aliphatic rings. The minimum Gasteiger partial charge on any atom is -0.492 e. The summed E-state index contributed by atoms with van der Waals surface area (Å²) in [5.74, 6) is 1.51. The molecule has 0 spiro atoms. The molecule has 1 amide bonds. The minimum atomic E-state index is -0.100. The molecule has 3 aromatic carbocycles. The van der Waals surface area contributed by atoms with Gasteiger partial charge < -0.3 is 10.1 Å². The van der Waals surface area contributed by atoms with Crippen LogP contribution in [0.4, 0.5) is 0 Å². The molecule has 3 aromatic rings. The number of benzene rings is 3. The number of ether oxygens (including phenoxy) is 1. The highest BCUT2D eigenvalue weighted by Gasteiger charge is 2.05. The van der Waals surface area contributed by atoms with Crippen molar-refractivity contribution in [2.75, 3.05) is 13.2 Å². The third kappa shape index (κ3) is 6.35. The van der Waals surface area contributed by atoms with E-state index in [1.807, 2.05) is 42.5 Å². The summed E-state index contributed by atoms with van der Waals surface area (Å²) in [4.78, 5) is 13.4. The summed E-state index contributed by atoms with van der Waals surface area (Å²) < 4.78 is 5.56. The Labute approximate surface area is 168 Å². The molecule has 0 bridgehead atoms. The van der Waals surface area contributed by atoms with Gasteiger partial charge in [-0.3, -0.25) is 4.79 Å². The Bertz CT molecular complexity index is 852.